The normalized spacial score (nSPS) is 10.4. The number of amides is 3. The molecule has 0 aliphatic heterocycles. The number of urea groups is 1. The highest BCUT2D eigenvalue weighted by Gasteiger charge is 2.18. The first-order valence-corrected chi connectivity index (χ1v) is 8.92. The summed E-state index contributed by atoms with van der Waals surface area (Å²) < 4.78 is 4.93. The molecule has 0 aliphatic carbocycles. The zero-order valence-electron chi connectivity index (χ0n) is 15.3. The Morgan fingerprint density at radius 3 is 2.54 bits per heavy atom. The lowest BCUT2D eigenvalue weighted by molar-refractivity contribution is -0.116. The quantitative estimate of drug-likeness (QED) is 0.662. The molecule has 0 bridgehead atoms. The van der Waals surface area contributed by atoms with Crippen LogP contribution in [0, 0.1) is 6.92 Å². The van der Waals surface area contributed by atoms with E-state index in [4.69, 9.17) is 4.52 Å². The molecule has 7 nitrogen and oxygen atoms in total. The van der Waals surface area contributed by atoms with Crippen molar-refractivity contribution in [2.75, 3.05) is 23.7 Å². The van der Waals surface area contributed by atoms with E-state index < -0.39 is 0 Å². The lowest BCUT2D eigenvalue weighted by Crippen LogP contribution is -2.41. The van der Waals surface area contributed by atoms with Gasteiger partial charge < -0.3 is 20.1 Å². The molecule has 26 heavy (non-hydrogen) atoms. The fourth-order valence-corrected chi connectivity index (χ4v) is 2.49. The van der Waals surface area contributed by atoms with E-state index in [1.807, 2.05) is 30.3 Å². The predicted octanol–water partition coefficient (Wildman–Crippen LogP) is 4.04. The number of nitrogens with zero attached hydrogens (tertiary/aromatic N) is 2. The van der Waals surface area contributed by atoms with Crippen molar-refractivity contribution in [1.82, 2.24) is 10.1 Å². The van der Waals surface area contributed by atoms with Crippen LogP contribution in [-0.2, 0) is 4.79 Å². The average molecular weight is 358 g/mol. The van der Waals surface area contributed by atoms with Crippen molar-refractivity contribution in [2.45, 2.75) is 39.5 Å². The summed E-state index contributed by atoms with van der Waals surface area (Å²) in [5.74, 6) is 0.650. The van der Waals surface area contributed by atoms with Crippen molar-refractivity contribution in [2.24, 2.45) is 0 Å². The summed E-state index contributed by atoms with van der Waals surface area (Å²) in [5.41, 5.74) is 0.698. The first kappa shape index (κ1) is 19.5. The standard InChI is InChI=1S/C19H26N4O3/c1-3-4-5-9-12-23(19(25)20-16-10-7-6-8-11-16)14-18(24)21-17-13-15(2)26-22-17/h6-8,10-11,13H,3-5,9,12,14H2,1-2H3,(H,20,25)(H,21,22,24). The molecular weight excluding hydrogens is 332 g/mol. The van der Waals surface area contributed by atoms with Gasteiger partial charge in [0.1, 0.15) is 12.3 Å². The number of nitrogens with one attached hydrogen (secondary N) is 2. The van der Waals surface area contributed by atoms with Gasteiger partial charge in [-0.3, -0.25) is 4.79 Å². The Balaban J connectivity index is 1.94. The minimum Gasteiger partial charge on any atom is -0.360 e. The number of hydrogen-bond donors (Lipinski definition) is 2. The second-order valence-electron chi connectivity index (χ2n) is 6.15. The van der Waals surface area contributed by atoms with Gasteiger partial charge in [0.25, 0.3) is 0 Å². The smallest absolute Gasteiger partial charge is 0.322 e. The van der Waals surface area contributed by atoms with E-state index >= 15 is 0 Å². The highest BCUT2D eigenvalue weighted by atomic mass is 16.5. The Hall–Kier alpha value is -2.83. The molecule has 1 heterocycles. The molecule has 3 amide bonds. The molecule has 0 radical (unpaired) electrons. The molecule has 1 aromatic carbocycles. The number of carbonyl (C=O) groups is 2. The number of carbonyl (C=O) groups excluding carboxylic acids is 2. The van der Waals surface area contributed by atoms with Gasteiger partial charge in [-0.1, -0.05) is 49.5 Å². The maximum atomic E-state index is 12.6. The summed E-state index contributed by atoms with van der Waals surface area (Å²) in [6.07, 6.45) is 4.10. The predicted molar refractivity (Wildman–Crippen MR) is 101 cm³/mol. The first-order chi connectivity index (χ1) is 12.6. The van der Waals surface area contributed by atoms with Gasteiger partial charge in [0, 0.05) is 18.3 Å². The van der Waals surface area contributed by atoms with Crippen molar-refractivity contribution >= 4 is 23.4 Å². The number of hydrogen-bond acceptors (Lipinski definition) is 4. The molecule has 0 atom stereocenters. The number of rotatable bonds is 9. The Bertz CT molecular complexity index is 700. The molecule has 0 spiro atoms. The summed E-state index contributed by atoms with van der Waals surface area (Å²) in [6.45, 7) is 4.35. The maximum absolute atomic E-state index is 12.6. The Kier molecular flexibility index (Phi) is 7.67. The van der Waals surface area contributed by atoms with Crippen LogP contribution in [0.15, 0.2) is 40.9 Å². The van der Waals surface area contributed by atoms with Crippen LogP contribution in [0.4, 0.5) is 16.3 Å². The monoisotopic (exact) mass is 358 g/mol. The van der Waals surface area contributed by atoms with Crippen LogP contribution in [0.3, 0.4) is 0 Å². The Morgan fingerprint density at radius 2 is 1.88 bits per heavy atom. The molecule has 2 rings (SSSR count). The van der Waals surface area contributed by atoms with Crippen molar-refractivity contribution < 1.29 is 14.1 Å². The van der Waals surface area contributed by atoms with E-state index in [9.17, 15) is 9.59 Å². The number of unbranched alkanes of at least 4 members (excludes halogenated alkanes) is 3. The fourth-order valence-electron chi connectivity index (χ4n) is 2.49. The Morgan fingerprint density at radius 1 is 1.12 bits per heavy atom. The van der Waals surface area contributed by atoms with Crippen LogP contribution in [0.2, 0.25) is 0 Å². The highest BCUT2D eigenvalue weighted by molar-refractivity contribution is 5.96. The van der Waals surface area contributed by atoms with Crippen LogP contribution in [0.1, 0.15) is 38.4 Å². The molecule has 2 N–H and O–H groups in total. The second-order valence-corrected chi connectivity index (χ2v) is 6.15. The van der Waals surface area contributed by atoms with Gasteiger partial charge in [-0.15, -0.1) is 0 Å². The van der Waals surface area contributed by atoms with E-state index in [1.54, 1.807) is 13.0 Å². The van der Waals surface area contributed by atoms with Gasteiger partial charge in [0.2, 0.25) is 5.91 Å². The van der Waals surface area contributed by atoms with Crippen LogP contribution < -0.4 is 10.6 Å². The third-order valence-electron chi connectivity index (χ3n) is 3.82. The zero-order valence-corrected chi connectivity index (χ0v) is 15.3. The van der Waals surface area contributed by atoms with Gasteiger partial charge in [0.05, 0.1) is 0 Å². The largest absolute Gasteiger partial charge is 0.360 e. The van der Waals surface area contributed by atoms with Crippen LogP contribution >= 0.6 is 0 Å². The second kappa shape index (κ2) is 10.2. The topological polar surface area (TPSA) is 87.5 Å². The van der Waals surface area contributed by atoms with Gasteiger partial charge in [-0.05, 0) is 25.5 Å². The number of aryl methyl sites for hydroxylation is 1. The fraction of sp³-hybridized carbons (Fsp3) is 0.421. The summed E-state index contributed by atoms with van der Waals surface area (Å²) in [7, 11) is 0. The Labute approximate surface area is 153 Å². The summed E-state index contributed by atoms with van der Waals surface area (Å²) in [6, 6.07) is 10.5. The molecular formula is C19H26N4O3. The lowest BCUT2D eigenvalue weighted by Gasteiger charge is -2.22. The maximum Gasteiger partial charge on any atom is 0.322 e. The zero-order chi connectivity index (χ0) is 18.8. The van der Waals surface area contributed by atoms with Gasteiger partial charge in [-0.2, -0.15) is 0 Å². The first-order valence-electron chi connectivity index (χ1n) is 8.92. The third-order valence-corrected chi connectivity index (χ3v) is 3.82. The van der Waals surface area contributed by atoms with Crippen molar-refractivity contribution in [3.05, 3.63) is 42.2 Å². The third kappa shape index (κ3) is 6.58. The van der Waals surface area contributed by atoms with Gasteiger partial charge >= 0.3 is 6.03 Å². The van der Waals surface area contributed by atoms with Gasteiger partial charge in [0.15, 0.2) is 5.82 Å². The summed E-state index contributed by atoms with van der Waals surface area (Å²) in [4.78, 5) is 26.4. The highest BCUT2D eigenvalue weighted by Crippen LogP contribution is 2.10. The average Bonchev–Trinajstić information content (AvgIpc) is 3.03. The minimum absolute atomic E-state index is 0.0449. The molecule has 0 saturated heterocycles. The lowest BCUT2D eigenvalue weighted by atomic mass is 10.2. The summed E-state index contributed by atoms with van der Waals surface area (Å²) >= 11 is 0. The molecule has 7 heteroatoms. The molecule has 1 aromatic heterocycles. The van der Waals surface area contributed by atoms with Crippen LogP contribution in [0.25, 0.3) is 0 Å². The summed E-state index contributed by atoms with van der Waals surface area (Å²) in [5, 5.41) is 9.21. The number of para-hydroxylation sites is 1. The number of benzene rings is 1. The van der Waals surface area contributed by atoms with Crippen LogP contribution in [0.5, 0.6) is 0 Å². The molecule has 0 unspecified atom stereocenters. The van der Waals surface area contributed by atoms with E-state index in [2.05, 4.69) is 22.7 Å². The van der Waals surface area contributed by atoms with E-state index in [0.717, 1.165) is 25.7 Å². The molecule has 140 valence electrons. The van der Waals surface area contributed by atoms with E-state index in [1.165, 1.54) is 4.90 Å². The molecule has 0 saturated carbocycles. The van der Waals surface area contributed by atoms with Crippen molar-refractivity contribution in [3.8, 4) is 0 Å². The molecule has 0 aliphatic rings. The number of aromatic nitrogens is 1. The molecule has 0 fully saturated rings. The van der Waals surface area contributed by atoms with Crippen molar-refractivity contribution in [3.63, 3.8) is 0 Å². The van der Waals surface area contributed by atoms with Gasteiger partial charge in [-0.25, -0.2) is 4.79 Å². The van der Waals surface area contributed by atoms with E-state index in [-0.39, 0.29) is 18.5 Å². The number of anilines is 2. The molecule has 2 aromatic rings. The van der Waals surface area contributed by atoms with E-state index in [0.29, 0.717) is 23.8 Å². The van der Waals surface area contributed by atoms with Crippen molar-refractivity contribution in [1.29, 1.82) is 0 Å². The van der Waals surface area contributed by atoms with Crippen LogP contribution in [-0.4, -0.2) is 35.1 Å². The minimum atomic E-state index is -0.308. The SMILES string of the molecule is CCCCCCN(CC(=O)Nc1cc(C)on1)C(=O)Nc1ccccc1.